The molecule has 0 saturated carbocycles. The van der Waals surface area contributed by atoms with Gasteiger partial charge in [-0.1, -0.05) is 120 Å². The normalized spacial score (nSPS) is 11.0. The summed E-state index contributed by atoms with van der Waals surface area (Å²) in [5, 5.41) is 12.9. The first-order valence-electron chi connectivity index (χ1n) is 12.7. The van der Waals surface area contributed by atoms with Gasteiger partial charge in [0.25, 0.3) is 0 Å². The van der Waals surface area contributed by atoms with Gasteiger partial charge >= 0.3 is 0 Å². The van der Waals surface area contributed by atoms with E-state index in [9.17, 15) is 4.79 Å². The van der Waals surface area contributed by atoms with Crippen LogP contribution in [0, 0.1) is 13.8 Å². The van der Waals surface area contributed by atoms with Crippen molar-refractivity contribution >= 4 is 17.7 Å². The lowest BCUT2D eigenvalue weighted by Crippen LogP contribution is -2.30. The molecule has 38 heavy (non-hydrogen) atoms. The molecular weight excluding hydrogens is 488 g/mol. The average Bonchev–Trinajstić information content (AvgIpc) is 3.35. The Kier molecular flexibility index (Phi) is 8.00. The molecule has 0 radical (unpaired) electrons. The van der Waals surface area contributed by atoms with Gasteiger partial charge in [0.2, 0.25) is 5.91 Å². The molecule has 1 aromatic heterocycles. The largest absolute Gasteiger partial charge is 0.348 e. The Morgan fingerprint density at radius 2 is 1.45 bits per heavy atom. The van der Waals surface area contributed by atoms with Crippen molar-refractivity contribution < 1.29 is 4.79 Å². The Morgan fingerprint density at radius 1 is 0.789 bits per heavy atom. The zero-order valence-corrected chi connectivity index (χ0v) is 22.4. The summed E-state index contributed by atoms with van der Waals surface area (Å²) in [6.45, 7) is 4.43. The third-order valence-corrected chi connectivity index (χ3v) is 7.39. The number of carbonyl (C=O) groups excluding carboxylic acids is 1. The second-order valence-corrected chi connectivity index (χ2v) is 10.3. The Labute approximate surface area is 228 Å². The third-order valence-electron chi connectivity index (χ3n) is 6.39. The van der Waals surface area contributed by atoms with E-state index in [1.807, 2.05) is 65.2 Å². The molecule has 5 aromatic rings. The Balaban J connectivity index is 1.41. The molecule has 0 bridgehead atoms. The van der Waals surface area contributed by atoms with Crippen molar-refractivity contribution in [3.05, 3.63) is 143 Å². The molecule has 6 heteroatoms. The molecule has 5 rings (SSSR count). The molecule has 5 nitrogen and oxygen atoms in total. The number of rotatable bonds is 9. The van der Waals surface area contributed by atoms with Crippen LogP contribution in [0.15, 0.2) is 114 Å². The van der Waals surface area contributed by atoms with Crippen molar-refractivity contribution in [3.63, 3.8) is 0 Å². The zero-order chi connectivity index (χ0) is 26.3. The van der Waals surface area contributed by atoms with Gasteiger partial charge in [-0.15, -0.1) is 10.2 Å². The summed E-state index contributed by atoms with van der Waals surface area (Å²) in [6.07, 6.45) is 0. The molecule has 4 aromatic carbocycles. The van der Waals surface area contributed by atoms with Crippen molar-refractivity contribution in [2.75, 3.05) is 0 Å². The molecule has 1 heterocycles. The number of carbonyl (C=O) groups is 1. The number of benzene rings is 4. The minimum atomic E-state index is -0.414. The lowest BCUT2D eigenvalue weighted by atomic mass is 9.90. The Morgan fingerprint density at radius 3 is 2.08 bits per heavy atom. The van der Waals surface area contributed by atoms with Crippen LogP contribution in [-0.2, 0) is 17.1 Å². The zero-order valence-electron chi connectivity index (χ0n) is 21.5. The number of thioether (sulfide) groups is 1. The standard InChI is InChI=1S/C32H30N4OS/c1-23-16-18-28(19-17-23)36-29(34-35-32(36)38-22-25-11-9-10-24(2)20-25)21-33-31(37)30(26-12-5-3-6-13-26)27-14-7-4-8-15-27/h3-20,30H,21-22H2,1-2H3,(H,33,37). The van der Waals surface area contributed by atoms with Crippen LogP contribution < -0.4 is 5.32 Å². The fourth-order valence-electron chi connectivity index (χ4n) is 4.47. The van der Waals surface area contributed by atoms with Gasteiger partial charge < -0.3 is 5.32 Å². The van der Waals surface area contributed by atoms with E-state index in [0.29, 0.717) is 5.82 Å². The molecule has 0 atom stereocenters. The fourth-order valence-corrected chi connectivity index (χ4v) is 5.38. The predicted molar refractivity (Wildman–Crippen MR) is 153 cm³/mol. The maximum Gasteiger partial charge on any atom is 0.232 e. The fraction of sp³-hybridized carbons (Fsp3) is 0.156. The van der Waals surface area contributed by atoms with Crippen LogP contribution in [0.3, 0.4) is 0 Å². The van der Waals surface area contributed by atoms with Gasteiger partial charge in [0.15, 0.2) is 11.0 Å². The van der Waals surface area contributed by atoms with Gasteiger partial charge in [-0.05, 0) is 42.7 Å². The van der Waals surface area contributed by atoms with Crippen LogP contribution in [-0.4, -0.2) is 20.7 Å². The van der Waals surface area contributed by atoms with Gasteiger partial charge in [0, 0.05) is 11.4 Å². The molecule has 0 aliphatic heterocycles. The van der Waals surface area contributed by atoms with Crippen LogP contribution in [0.4, 0.5) is 0 Å². The van der Waals surface area contributed by atoms with E-state index in [0.717, 1.165) is 27.7 Å². The number of amides is 1. The highest BCUT2D eigenvalue weighted by atomic mass is 32.2. The van der Waals surface area contributed by atoms with E-state index in [-0.39, 0.29) is 12.5 Å². The van der Waals surface area contributed by atoms with E-state index in [1.54, 1.807) is 11.8 Å². The van der Waals surface area contributed by atoms with Crippen molar-refractivity contribution in [1.82, 2.24) is 20.1 Å². The van der Waals surface area contributed by atoms with Gasteiger partial charge in [-0.2, -0.15) is 0 Å². The van der Waals surface area contributed by atoms with Crippen LogP contribution >= 0.6 is 11.8 Å². The number of nitrogens with zero attached hydrogens (tertiary/aromatic N) is 3. The predicted octanol–water partition coefficient (Wildman–Crippen LogP) is 6.62. The lowest BCUT2D eigenvalue weighted by molar-refractivity contribution is -0.121. The van der Waals surface area contributed by atoms with Crippen LogP contribution in [0.5, 0.6) is 0 Å². The van der Waals surface area contributed by atoms with Gasteiger partial charge in [0.1, 0.15) is 0 Å². The SMILES string of the molecule is Cc1ccc(-n2c(CNC(=O)C(c3ccccc3)c3ccccc3)nnc2SCc2cccc(C)c2)cc1. The summed E-state index contributed by atoms with van der Waals surface area (Å²) < 4.78 is 2.04. The minimum Gasteiger partial charge on any atom is -0.348 e. The molecular formula is C32H30N4OS. The minimum absolute atomic E-state index is 0.0742. The summed E-state index contributed by atoms with van der Waals surface area (Å²) >= 11 is 1.64. The molecule has 0 spiro atoms. The monoisotopic (exact) mass is 518 g/mol. The molecule has 0 fully saturated rings. The highest BCUT2D eigenvalue weighted by Gasteiger charge is 2.23. The maximum absolute atomic E-state index is 13.6. The maximum atomic E-state index is 13.6. The molecule has 0 aliphatic carbocycles. The topological polar surface area (TPSA) is 59.8 Å². The van der Waals surface area contributed by atoms with Crippen molar-refractivity contribution in [2.45, 2.75) is 37.2 Å². The van der Waals surface area contributed by atoms with E-state index in [2.05, 4.69) is 77.9 Å². The Hall–Kier alpha value is -4.16. The van der Waals surface area contributed by atoms with E-state index in [1.165, 1.54) is 16.7 Å². The summed E-state index contributed by atoms with van der Waals surface area (Å²) in [7, 11) is 0. The van der Waals surface area contributed by atoms with Gasteiger partial charge in [0.05, 0.1) is 12.5 Å². The molecule has 1 amide bonds. The average molecular weight is 519 g/mol. The second kappa shape index (κ2) is 11.9. The quantitative estimate of drug-likeness (QED) is 0.223. The number of hydrogen-bond donors (Lipinski definition) is 1. The number of nitrogens with one attached hydrogen (secondary N) is 1. The first-order chi connectivity index (χ1) is 18.6. The third kappa shape index (κ3) is 6.03. The van der Waals surface area contributed by atoms with Crippen LogP contribution in [0.25, 0.3) is 5.69 Å². The first-order valence-corrected chi connectivity index (χ1v) is 13.6. The summed E-state index contributed by atoms with van der Waals surface area (Å²) in [5.41, 5.74) is 6.52. The first kappa shape index (κ1) is 25.5. The molecule has 190 valence electrons. The van der Waals surface area contributed by atoms with Crippen LogP contribution in [0.2, 0.25) is 0 Å². The smallest absolute Gasteiger partial charge is 0.232 e. The van der Waals surface area contributed by atoms with Crippen molar-refractivity contribution in [2.24, 2.45) is 0 Å². The van der Waals surface area contributed by atoms with Gasteiger partial charge in [-0.3, -0.25) is 9.36 Å². The number of aromatic nitrogens is 3. The summed E-state index contributed by atoms with van der Waals surface area (Å²) in [4.78, 5) is 13.6. The second-order valence-electron chi connectivity index (χ2n) is 9.32. The highest BCUT2D eigenvalue weighted by molar-refractivity contribution is 7.98. The number of hydrogen-bond acceptors (Lipinski definition) is 4. The van der Waals surface area contributed by atoms with E-state index >= 15 is 0 Å². The van der Waals surface area contributed by atoms with E-state index < -0.39 is 5.92 Å². The highest BCUT2D eigenvalue weighted by Crippen LogP contribution is 2.27. The molecule has 0 aliphatic rings. The lowest BCUT2D eigenvalue weighted by Gasteiger charge is -2.18. The summed E-state index contributed by atoms with van der Waals surface area (Å²) in [5.74, 6) is 0.981. The summed E-state index contributed by atoms with van der Waals surface area (Å²) in [6, 6.07) is 36.5. The Bertz CT molecular complexity index is 1460. The van der Waals surface area contributed by atoms with Gasteiger partial charge in [-0.25, -0.2) is 0 Å². The molecule has 0 unspecified atom stereocenters. The van der Waals surface area contributed by atoms with E-state index in [4.69, 9.17) is 0 Å². The van der Waals surface area contributed by atoms with Crippen LogP contribution in [0.1, 0.15) is 39.6 Å². The molecule has 1 N–H and O–H groups in total. The van der Waals surface area contributed by atoms with Crippen molar-refractivity contribution in [1.29, 1.82) is 0 Å². The number of aryl methyl sites for hydroxylation is 2. The van der Waals surface area contributed by atoms with Crippen molar-refractivity contribution in [3.8, 4) is 5.69 Å². The molecule has 0 saturated heterocycles.